The number of anilines is 1. The van der Waals surface area contributed by atoms with Gasteiger partial charge in [0.2, 0.25) is 5.95 Å². The van der Waals surface area contributed by atoms with Crippen LogP contribution < -0.4 is 19.7 Å². The lowest BCUT2D eigenvalue weighted by Crippen LogP contribution is -2.54. The van der Waals surface area contributed by atoms with Gasteiger partial charge in [-0.15, -0.1) is 11.6 Å². The van der Waals surface area contributed by atoms with Crippen LogP contribution in [0.1, 0.15) is 61.9 Å². The lowest BCUT2D eigenvalue weighted by atomic mass is 9.77. The Balaban J connectivity index is 0.987. The van der Waals surface area contributed by atoms with Crippen LogP contribution in [0.5, 0.6) is 11.5 Å². The number of ether oxygens (including phenoxy) is 2. The second-order valence-corrected chi connectivity index (χ2v) is 14.8. The van der Waals surface area contributed by atoms with Gasteiger partial charge in [-0.3, -0.25) is 4.90 Å². The first kappa shape index (κ1) is 35.7. The topological polar surface area (TPSA) is 89.8 Å². The molecule has 0 radical (unpaired) electrons. The summed E-state index contributed by atoms with van der Waals surface area (Å²) in [5.74, 6) is 3.10. The van der Waals surface area contributed by atoms with Crippen LogP contribution in [0.3, 0.4) is 0 Å². The smallest absolute Gasteiger partial charge is 0.225 e. The van der Waals surface area contributed by atoms with Gasteiger partial charge in [-0.2, -0.15) is 5.26 Å². The number of halogens is 2. The zero-order valence-electron chi connectivity index (χ0n) is 28.8. The molecule has 3 saturated heterocycles. The number of benzene rings is 2. The Bertz CT molecular complexity index is 1560. The fourth-order valence-electron chi connectivity index (χ4n) is 7.42. The third-order valence-electron chi connectivity index (χ3n) is 10.5. The average molecular weight is 707 g/mol. The second-order valence-electron chi connectivity index (χ2n) is 14.0. The summed E-state index contributed by atoms with van der Waals surface area (Å²) in [6.45, 7) is 15.0. The van der Waals surface area contributed by atoms with Crippen LogP contribution in [0.2, 0.25) is 5.02 Å². The van der Waals surface area contributed by atoms with Gasteiger partial charge in [-0.25, -0.2) is 9.97 Å². The van der Waals surface area contributed by atoms with Gasteiger partial charge in [0.25, 0.3) is 0 Å². The van der Waals surface area contributed by atoms with E-state index in [1.165, 1.54) is 58.4 Å². The molecule has 3 aliphatic rings. The number of aromatic nitrogens is 2. The van der Waals surface area contributed by atoms with Gasteiger partial charge in [0.05, 0.1) is 22.2 Å². The van der Waals surface area contributed by atoms with E-state index in [9.17, 15) is 5.26 Å². The molecule has 0 spiro atoms. The molecule has 0 aliphatic carbocycles. The summed E-state index contributed by atoms with van der Waals surface area (Å²) in [4.78, 5) is 17.2. The van der Waals surface area contributed by atoms with E-state index in [4.69, 9.17) is 37.7 Å². The summed E-state index contributed by atoms with van der Waals surface area (Å²) < 4.78 is 11.8. The van der Waals surface area contributed by atoms with Crippen molar-refractivity contribution in [3.8, 4) is 17.6 Å². The maximum Gasteiger partial charge on any atom is 0.225 e. The summed E-state index contributed by atoms with van der Waals surface area (Å²) in [7, 11) is 0. The Kier molecular flexibility index (Phi) is 12.2. The van der Waals surface area contributed by atoms with Crippen molar-refractivity contribution in [1.29, 1.82) is 5.26 Å². The molecular formula is C38H49Cl2N7O2. The Labute approximate surface area is 301 Å². The summed E-state index contributed by atoms with van der Waals surface area (Å²) in [5, 5.41) is 13.6. The van der Waals surface area contributed by atoms with Gasteiger partial charge < -0.3 is 24.6 Å². The second kappa shape index (κ2) is 16.7. The van der Waals surface area contributed by atoms with E-state index in [1.54, 1.807) is 0 Å². The fraction of sp³-hybridized carbons (Fsp3) is 0.553. The third-order valence-corrected chi connectivity index (χ3v) is 11.0. The van der Waals surface area contributed by atoms with Crippen LogP contribution in [0, 0.1) is 17.2 Å². The minimum absolute atomic E-state index is 0.284. The zero-order chi connectivity index (χ0) is 34.2. The lowest BCUT2D eigenvalue weighted by molar-refractivity contribution is 0.0907. The number of rotatable bonds is 12. The molecule has 1 aromatic heterocycles. The van der Waals surface area contributed by atoms with Gasteiger partial charge in [0, 0.05) is 50.4 Å². The Morgan fingerprint density at radius 2 is 1.67 bits per heavy atom. The number of hydrogen-bond donors (Lipinski definition) is 1. The quantitative estimate of drug-likeness (QED) is 0.224. The maximum absolute atomic E-state index is 9.74. The summed E-state index contributed by atoms with van der Waals surface area (Å²) in [5.41, 5.74) is 2.83. The summed E-state index contributed by atoms with van der Waals surface area (Å²) in [6, 6.07) is 16.6. The number of likely N-dealkylation sites (tertiary alicyclic amines) is 1. The highest BCUT2D eigenvalue weighted by Crippen LogP contribution is 2.38. The van der Waals surface area contributed by atoms with Crippen molar-refractivity contribution in [2.24, 2.45) is 5.92 Å². The van der Waals surface area contributed by atoms with E-state index < -0.39 is 5.41 Å². The molecule has 6 rings (SSSR count). The van der Waals surface area contributed by atoms with Crippen molar-refractivity contribution in [2.75, 3.05) is 76.3 Å². The molecule has 0 saturated carbocycles. The van der Waals surface area contributed by atoms with E-state index in [2.05, 4.69) is 57.0 Å². The first-order chi connectivity index (χ1) is 23.8. The van der Waals surface area contributed by atoms with Crippen LogP contribution in [-0.4, -0.2) is 97.2 Å². The minimum Gasteiger partial charge on any atom is -0.489 e. The molecule has 3 aromatic rings. The van der Waals surface area contributed by atoms with Gasteiger partial charge in [0.15, 0.2) is 5.75 Å². The molecule has 4 heterocycles. The standard InChI is InChI=1S/C38H49Cl2N7O2/c1-38(2,31-23-29(25-41)36(35(40)24-31)48-22-12-39)30-3-5-34(6-4-30)49-27-32-9-15-43-37(44-32)47-20-18-46(19-21-47)33-10-16-45(17-11-33)26-28-7-13-42-14-8-28/h3-6,9,15,23-24,28,33,42H,7-8,10-14,16-22,26-27H2,1-2H3. The molecule has 3 aliphatic heterocycles. The van der Waals surface area contributed by atoms with E-state index >= 15 is 0 Å². The van der Waals surface area contributed by atoms with Crippen LogP contribution >= 0.6 is 23.2 Å². The number of nitriles is 1. The van der Waals surface area contributed by atoms with Crippen molar-refractivity contribution in [3.05, 3.63) is 76.1 Å². The first-order valence-corrected chi connectivity index (χ1v) is 18.7. The van der Waals surface area contributed by atoms with Crippen molar-refractivity contribution in [3.63, 3.8) is 0 Å². The van der Waals surface area contributed by atoms with Crippen LogP contribution in [0.4, 0.5) is 5.95 Å². The zero-order valence-corrected chi connectivity index (χ0v) is 30.4. The predicted molar refractivity (Wildman–Crippen MR) is 196 cm³/mol. The normalized spacial score (nSPS) is 18.7. The number of alkyl halides is 1. The Morgan fingerprint density at radius 1 is 0.939 bits per heavy atom. The van der Waals surface area contributed by atoms with E-state index in [0.29, 0.717) is 34.9 Å². The molecule has 0 amide bonds. The SMILES string of the molecule is CC(C)(c1ccc(OCc2ccnc(N3CCN(C4CCN(CC5CCNCC5)CC4)CC3)n2)cc1)c1cc(Cl)c(OCCCl)c(C#N)c1. The largest absolute Gasteiger partial charge is 0.489 e. The molecule has 3 fully saturated rings. The Morgan fingerprint density at radius 3 is 2.37 bits per heavy atom. The van der Waals surface area contributed by atoms with Crippen LogP contribution in [0.25, 0.3) is 0 Å². The van der Waals surface area contributed by atoms with Gasteiger partial charge in [-0.05, 0) is 99.2 Å². The van der Waals surface area contributed by atoms with E-state index in [0.717, 1.165) is 60.6 Å². The minimum atomic E-state index is -0.408. The van der Waals surface area contributed by atoms with Crippen LogP contribution in [-0.2, 0) is 12.0 Å². The fourth-order valence-corrected chi connectivity index (χ4v) is 7.77. The molecule has 0 bridgehead atoms. The molecule has 0 unspecified atom stereocenters. The third kappa shape index (κ3) is 8.97. The van der Waals surface area contributed by atoms with Gasteiger partial charge in [-0.1, -0.05) is 37.6 Å². The average Bonchev–Trinajstić information content (AvgIpc) is 3.14. The number of piperazine rings is 1. The highest BCUT2D eigenvalue weighted by atomic mass is 35.5. The van der Waals surface area contributed by atoms with Crippen molar-refractivity contribution in [1.82, 2.24) is 25.1 Å². The monoisotopic (exact) mass is 705 g/mol. The summed E-state index contributed by atoms with van der Waals surface area (Å²) in [6.07, 6.45) is 7.05. The maximum atomic E-state index is 9.74. The van der Waals surface area contributed by atoms with Gasteiger partial charge in [0.1, 0.15) is 25.0 Å². The van der Waals surface area contributed by atoms with Crippen molar-refractivity contribution >= 4 is 29.2 Å². The molecule has 11 heteroatoms. The molecule has 49 heavy (non-hydrogen) atoms. The molecule has 262 valence electrons. The van der Waals surface area contributed by atoms with Crippen molar-refractivity contribution < 1.29 is 9.47 Å². The van der Waals surface area contributed by atoms with Crippen molar-refractivity contribution in [2.45, 2.75) is 57.6 Å². The first-order valence-electron chi connectivity index (χ1n) is 17.7. The molecule has 1 N–H and O–H groups in total. The van der Waals surface area contributed by atoms with E-state index in [1.807, 2.05) is 36.5 Å². The molecule has 9 nitrogen and oxygen atoms in total. The molecular weight excluding hydrogens is 657 g/mol. The van der Waals surface area contributed by atoms with E-state index in [-0.39, 0.29) is 6.61 Å². The number of nitrogens with one attached hydrogen (secondary N) is 1. The number of piperidine rings is 2. The summed E-state index contributed by atoms with van der Waals surface area (Å²) >= 11 is 12.3. The van der Waals surface area contributed by atoms with Gasteiger partial charge >= 0.3 is 0 Å². The molecule has 0 atom stereocenters. The molecule has 2 aromatic carbocycles. The number of hydrogen-bond acceptors (Lipinski definition) is 9. The lowest BCUT2D eigenvalue weighted by Gasteiger charge is -2.43. The predicted octanol–water partition coefficient (Wildman–Crippen LogP) is 6.11. The number of nitrogens with zero attached hydrogens (tertiary/aromatic N) is 6. The Hall–Kier alpha value is -3.13. The highest BCUT2D eigenvalue weighted by molar-refractivity contribution is 6.32. The van der Waals surface area contributed by atoms with Crippen LogP contribution in [0.15, 0.2) is 48.7 Å². The highest BCUT2D eigenvalue weighted by Gasteiger charge is 2.30.